The van der Waals surface area contributed by atoms with Crippen molar-refractivity contribution in [3.8, 4) is 0 Å². The summed E-state index contributed by atoms with van der Waals surface area (Å²) in [6.07, 6.45) is -0.189. The van der Waals surface area contributed by atoms with Crippen molar-refractivity contribution in [1.29, 1.82) is 0 Å². The summed E-state index contributed by atoms with van der Waals surface area (Å²) in [6, 6.07) is 0. The minimum atomic E-state index is -4.25. The summed E-state index contributed by atoms with van der Waals surface area (Å²) < 4.78 is 31.5. The Hall–Kier alpha value is 1.14. The molecule has 1 fully saturated rings. The number of hydrogen-bond acceptors (Lipinski definition) is 7. The van der Waals surface area contributed by atoms with Gasteiger partial charge in [-0.25, -0.2) is 13.4 Å². The van der Waals surface area contributed by atoms with Gasteiger partial charge in [-0.15, -0.1) is 0 Å². The molecule has 0 aliphatic carbocycles. The molecule has 0 spiro atoms. The van der Waals surface area contributed by atoms with Crippen LogP contribution >= 0.6 is 0 Å². The molecule has 2 atom stereocenters. The van der Waals surface area contributed by atoms with Crippen molar-refractivity contribution in [2.75, 3.05) is 12.9 Å². The van der Waals surface area contributed by atoms with E-state index in [2.05, 4.69) is 5.43 Å². The normalized spacial score (nSPS) is 30.3. The summed E-state index contributed by atoms with van der Waals surface area (Å²) in [4.78, 5) is 1.40. The summed E-state index contributed by atoms with van der Waals surface area (Å²) in [5, 5.41) is 1.67. The summed E-state index contributed by atoms with van der Waals surface area (Å²) in [6.45, 7) is 1.77. The van der Waals surface area contributed by atoms with Gasteiger partial charge in [0.05, 0.1) is 12.0 Å². The summed E-state index contributed by atoms with van der Waals surface area (Å²) in [7, 11) is -2.52. The van der Waals surface area contributed by atoms with Gasteiger partial charge in [-0.1, -0.05) is 0 Å². The predicted octanol–water partition coefficient (Wildman–Crippen LogP) is -4.58. The molecule has 0 aromatic rings. The smallest absolute Gasteiger partial charge is 0.757 e. The fourth-order valence-corrected chi connectivity index (χ4v) is 2.37. The zero-order chi connectivity index (χ0) is 10.2. The molecule has 1 N–H and O–H groups in total. The molecule has 1 heterocycles. The third kappa shape index (κ3) is 3.95. The average Bonchev–Trinajstić information content (AvgIpc) is 2.14. The molecule has 1 aliphatic heterocycles. The SMILES string of the molecule is CC1N(C)NC([S-])N1CS(=O)(=O)[O-].[Na+]. The third-order valence-electron chi connectivity index (χ3n) is 1.96. The van der Waals surface area contributed by atoms with Crippen molar-refractivity contribution < 1.29 is 42.5 Å². The van der Waals surface area contributed by atoms with Crippen LogP contribution in [0.1, 0.15) is 6.92 Å². The Bertz CT molecular complexity index is 286. The molecule has 9 heteroatoms. The topological polar surface area (TPSA) is 75.7 Å². The number of nitrogens with zero attached hydrogens (tertiary/aromatic N) is 2. The Labute approximate surface area is 111 Å². The van der Waals surface area contributed by atoms with Crippen LogP contribution in [0.5, 0.6) is 0 Å². The van der Waals surface area contributed by atoms with E-state index in [1.165, 1.54) is 4.90 Å². The van der Waals surface area contributed by atoms with E-state index in [4.69, 9.17) is 12.6 Å². The van der Waals surface area contributed by atoms with Crippen LogP contribution in [0.4, 0.5) is 0 Å². The van der Waals surface area contributed by atoms with Gasteiger partial charge in [0.25, 0.3) is 0 Å². The van der Waals surface area contributed by atoms with Crippen LogP contribution in [-0.4, -0.2) is 47.5 Å². The van der Waals surface area contributed by atoms with Gasteiger partial charge in [-0.05, 0) is 12.4 Å². The standard InChI is InChI=1S/C5H13N3O3S2.Na/c1-4-7(2)6-5(12)8(4)3-13(9,10)11;/h4-6,12H,3H2,1-2H3,(H,9,10,11);/q;+1/p-2. The van der Waals surface area contributed by atoms with Gasteiger partial charge in [0.15, 0.2) is 0 Å². The van der Waals surface area contributed by atoms with E-state index in [0.717, 1.165) is 0 Å². The molecule has 1 rings (SSSR count). The van der Waals surface area contributed by atoms with Gasteiger partial charge in [-0.3, -0.25) is 10.3 Å². The van der Waals surface area contributed by atoms with Gasteiger partial charge >= 0.3 is 29.6 Å². The zero-order valence-corrected chi connectivity index (χ0v) is 11.9. The monoisotopic (exact) mass is 248 g/mol. The minimum absolute atomic E-state index is 0. The zero-order valence-electron chi connectivity index (χ0n) is 8.30. The first kappa shape index (κ1) is 15.1. The maximum atomic E-state index is 10.5. The summed E-state index contributed by atoms with van der Waals surface area (Å²) in [5.41, 5.74) is 2.27. The van der Waals surface area contributed by atoms with E-state index in [0.29, 0.717) is 0 Å². The van der Waals surface area contributed by atoms with Gasteiger partial charge < -0.3 is 17.2 Å². The van der Waals surface area contributed by atoms with Crippen LogP contribution in [0.2, 0.25) is 0 Å². The van der Waals surface area contributed by atoms with Crippen LogP contribution in [0.3, 0.4) is 0 Å². The Morgan fingerprint density at radius 1 is 1.57 bits per heavy atom. The van der Waals surface area contributed by atoms with Crippen molar-refractivity contribution in [3.05, 3.63) is 0 Å². The molecule has 0 aromatic carbocycles. The van der Waals surface area contributed by atoms with Crippen molar-refractivity contribution in [2.45, 2.75) is 18.6 Å². The number of nitrogens with one attached hydrogen (secondary N) is 1. The molecule has 0 aromatic heterocycles. The summed E-state index contributed by atoms with van der Waals surface area (Å²) >= 11 is 4.92. The number of rotatable bonds is 2. The second kappa shape index (κ2) is 5.46. The van der Waals surface area contributed by atoms with Crippen LogP contribution in [0.15, 0.2) is 0 Å². The average molecular weight is 248 g/mol. The molecule has 1 saturated heterocycles. The van der Waals surface area contributed by atoms with Crippen molar-refractivity contribution in [3.63, 3.8) is 0 Å². The van der Waals surface area contributed by atoms with Gasteiger partial charge in [0, 0.05) is 7.05 Å². The number of hydrogen-bond donors (Lipinski definition) is 1. The second-order valence-electron chi connectivity index (χ2n) is 2.93. The third-order valence-corrected chi connectivity index (χ3v) is 2.95. The van der Waals surface area contributed by atoms with Crippen LogP contribution in [0.25, 0.3) is 0 Å². The molecule has 6 nitrogen and oxygen atoms in total. The first-order valence-electron chi connectivity index (χ1n) is 3.65. The molecule has 0 bridgehead atoms. The molecular formula is C5H11N3NaO3S2-. The quantitative estimate of drug-likeness (QED) is 0.299. The van der Waals surface area contributed by atoms with Gasteiger partial charge in [0.2, 0.25) is 0 Å². The molecule has 2 unspecified atom stereocenters. The predicted molar refractivity (Wildman–Crippen MR) is 47.9 cm³/mol. The molecule has 14 heavy (non-hydrogen) atoms. The fourth-order valence-electron chi connectivity index (χ4n) is 1.13. The largest absolute Gasteiger partial charge is 1.00 e. The molecule has 0 amide bonds. The Morgan fingerprint density at radius 3 is 2.36 bits per heavy atom. The first-order chi connectivity index (χ1) is 5.81. The van der Waals surface area contributed by atoms with Crippen LogP contribution < -0.4 is 35.0 Å². The maximum absolute atomic E-state index is 10.5. The van der Waals surface area contributed by atoms with Crippen LogP contribution in [0, 0.1) is 0 Å². The van der Waals surface area contributed by atoms with Gasteiger partial charge in [0.1, 0.15) is 10.1 Å². The van der Waals surface area contributed by atoms with E-state index >= 15 is 0 Å². The molecule has 0 saturated carbocycles. The summed E-state index contributed by atoms with van der Waals surface area (Å²) in [5.74, 6) is -0.556. The first-order valence-corrected chi connectivity index (χ1v) is 5.70. The van der Waals surface area contributed by atoms with E-state index in [1.54, 1.807) is 19.0 Å². The number of hydrazine groups is 1. The Balaban J connectivity index is 0.00000169. The maximum Gasteiger partial charge on any atom is 1.00 e. The second-order valence-corrected chi connectivity index (χ2v) is 4.75. The minimum Gasteiger partial charge on any atom is -0.757 e. The van der Waals surface area contributed by atoms with Crippen molar-refractivity contribution >= 4 is 22.7 Å². The van der Waals surface area contributed by atoms with E-state index in [9.17, 15) is 13.0 Å². The molecule has 78 valence electrons. The molecule has 0 radical (unpaired) electrons. The van der Waals surface area contributed by atoms with Gasteiger partial charge in [-0.2, -0.15) is 0 Å². The van der Waals surface area contributed by atoms with E-state index in [-0.39, 0.29) is 35.7 Å². The Kier molecular flexibility index (Phi) is 5.91. The van der Waals surface area contributed by atoms with Crippen LogP contribution in [-0.2, 0) is 22.7 Å². The Morgan fingerprint density at radius 2 is 2.07 bits per heavy atom. The van der Waals surface area contributed by atoms with E-state index < -0.39 is 21.5 Å². The van der Waals surface area contributed by atoms with Crippen molar-refractivity contribution in [1.82, 2.24) is 15.3 Å². The molecular weight excluding hydrogens is 237 g/mol. The van der Waals surface area contributed by atoms with Crippen molar-refractivity contribution in [2.24, 2.45) is 0 Å². The fraction of sp³-hybridized carbons (Fsp3) is 1.00. The van der Waals surface area contributed by atoms with E-state index in [1.807, 2.05) is 0 Å². The molecule has 1 aliphatic rings.